The van der Waals surface area contributed by atoms with Gasteiger partial charge in [-0.1, -0.05) is 6.92 Å². The first-order chi connectivity index (χ1) is 7.45. The number of ether oxygens (including phenoxy) is 2. The van der Waals surface area contributed by atoms with Gasteiger partial charge in [0, 0.05) is 13.7 Å². The van der Waals surface area contributed by atoms with Gasteiger partial charge in [0.1, 0.15) is 0 Å². The van der Waals surface area contributed by atoms with Crippen molar-refractivity contribution in [2.75, 3.05) is 33.4 Å². The zero-order valence-corrected chi connectivity index (χ0v) is 11.2. The summed E-state index contributed by atoms with van der Waals surface area (Å²) in [6, 6.07) is 0. The van der Waals surface area contributed by atoms with Gasteiger partial charge < -0.3 is 9.47 Å². The Bertz CT molecular complexity index is 204. The summed E-state index contributed by atoms with van der Waals surface area (Å²) < 4.78 is 10.3. The lowest BCUT2D eigenvalue weighted by atomic mass is 10.1. The molecule has 4 heteroatoms. The van der Waals surface area contributed by atoms with Crippen LogP contribution in [0.25, 0.3) is 0 Å². The Balaban J connectivity index is 3.96. The highest BCUT2D eigenvalue weighted by atomic mass is 16.5. The average Bonchev–Trinajstić information content (AvgIpc) is 2.24. The molecule has 0 atom stereocenters. The molecule has 0 heterocycles. The number of nitrogens with zero attached hydrogens (tertiary/aromatic N) is 1. The summed E-state index contributed by atoms with van der Waals surface area (Å²) in [5, 5.41) is 0. The van der Waals surface area contributed by atoms with Crippen LogP contribution in [0.3, 0.4) is 0 Å². The largest absolute Gasteiger partial charge is 0.465 e. The van der Waals surface area contributed by atoms with Crippen molar-refractivity contribution < 1.29 is 14.3 Å². The number of carbonyl (C=O) groups excluding carboxylic acids is 1. The molecule has 0 saturated carbocycles. The minimum atomic E-state index is -0.153. The third-order valence-electron chi connectivity index (χ3n) is 2.69. The molecule has 0 unspecified atom stereocenters. The summed E-state index contributed by atoms with van der Waals surface area (Å²) >= 11 is 0. The molecular weight excluding hydrogens is 206 g/mol. The number of carbonyl (C=O) groups is 1. The summed E-state index contributed by atoms with van der Waals surface area (Å²) in [5.74, 6) is -0.153. The Morgan fingerprint density at radius 3 is 2.38 bits per heavy atom. The Morgan fingerprint density at radius 1 is 1.31 bits per heavy atom. The van der Waals surface area contributed by atoms with Crippen molar-refractivity contribution in [1.29, 1.82) is 0 Å². The second-order valence-corrected chi connectivity index (χ2v) is 4.39. The fraction of sp³-hybridized carbons (Fsp3) is 0.917. The van der Waals surface area contributed by atoms with Crippen molar-refractivity contribution in [3.8, 4) is 0 Å². The molecule has 0 aliphatic carbocycles. The number of likely N-dealkylation sites (N-methyl/N-ethyl adjacent to an activating group) is 1. The van der Waals surface area contributed by atoms with E-state index in [2.05, 4.69) is 4.90 Å². The van der Waals surface area contributed by atoms with E-state index in [-0.39, 0.29) is 11.6 Å². The first-order valence-corrected chi connectivity index (χ1v) is 5.88. The molecule has 0 aliphatic rings. The molecule has 16 heavy (non-hydrogen) atoms. The monoisotopic (exact) mass is 231 g/mol. The molecule has 0 aromatic rings. The van der Waals surface area contributed by atoms with Gasteiger partial charge in [-0.25, -0.2) is 0 Å². The van der Waals surface area contributed by atoms with Crippen molar-refractivity contribution in [3.63, 3.8) is 0 Å². The standard InChI is InChI=1S/C12H25NO3/c1-6-13(10-11(14)16-7-2)9-8-12(3,4)15-5/h6-10H2,1-5H3. The molecular formula is C12H25NO3. The fourth-order valence-corrected chi connectivity index (χ4v) is 1.27. The Kier molecular flexibility index (Phi) is 7.34. The van der Waals surface area contributed by atoms with Crippen molar-refractivity contribution >= 4 is 5.97 Å². The van der Waals surface area contributed by atoms with E-state index in [1.807, 2.05) is 27.7 Å². The van der Waals surface area contributed by atoms with E-state index < -0.39 is 0 Å². The maximum atomic E-state index is 11.3. The van der Waals surface area contributed by atoms with E-state index >= 15 is 0 Å². The van der Waals surface area contributed by atoms with E-state index in [0.717, 1.165) is 19.5 Å². The minimum absolute atomic E-state index is 0.137. The van der Waals surface area contributed by atoms with Gasteiger partial charge in [0.2, 0.25) is 0 Å². The van der Waals surface area contributed by atoms with Crippen LogP contribution in [0, 0.1) is 0 Å². The summed E-state index contributed by atoms with van der Waals surface area (Å²) in [5.41, 5.74) is -0.137. The molecule has 0 aromatic carbocycles. The van der Waals surface area contributed by atoms with E-state index in [0.29, 0.717) is 13.2 Å². The maximum absolute atomic E-state index is 11.3. The molecule has 0 radical (unpaired) electrons. The summed E-state index contributed by atoms with van der Waals surface area (Å²) in [7, 11) is 1.71. The average molecular weight is 231 g/mol. The Hall–Kier alpha value is -0.610. The topological polar surface area (TPSA) is 38.8 Å². The lowest BCUT2D eigenvalue weighted by Gasteiger charge is -2.27. The highest BCUT2D eigenvalue weighted by Crippen LogP contribution is 2.13. The van der Waals surface area contributed by atoms with Crippen LogP contribution in [0.5, 0.6) is 0 Å². The quantitative estimate of drug-likeness (QED) is 0.596. The summed E-state index contributed by atoms with van der Waals surface area (Å²) in [4.78, 5) is 13.4. The smallest absolute Gasteiger partial charge is 0.320 e. The second-order valence-electron chi connectivity index (χ2n) is 4.39. The van der Waals surface area contributed by atoms with E-state index in [4.69, 9.17) is 9.47 Å². The maximum Gasteiger partial charge on any atom is 0.320 e. The van der Waals surface area contributed by atoms with Crippen LogP contribution in [-0.4, -0.2) is 49.8 Å². The number of methoxy groups -OCH3 is 1. The molecule has 4 nitrogen and oxygen atoms in total. The summed E-state index contributed by atoms with van der Waals surface area (Å²) in [6.07, 6.45) is 0.900. The first kappa shape index (κ1) is 15.4. The van der Waals surface area contributed by atoms with Gasteiger partial charge in [0.05, 0.1) is 18.8 Å². The molecule has 0 aliphatic heterocycles. The number of hydrogen-bond donors (Lipinski definition) is 0. The molecule has 0 bridgehead atoms. The fourth-order valence-electron chi connectivity index (χ4n) is 1.27. The first-order valence-electron chi connectivity index (χ1n) is 5.88. The van der Waals surface area contributed by atoms with Gasteiger partial charge in [-0.05, 0) is 33.7 Å². The lowest BCUT2D eigenvalue weighted by Crippen LogP contribution is -2.36. The molecule has 0 amide bonds. The molecule has 0 N–H and O–H groups in total. The Labute approximate surface area is 98.9 Å². The van der Waals surface area contributed by atoms with Crippen LogP contribution in [0.4, 0.5) is 0 Å². The number of esters is 1. The van der Waals surface area contributed by atoms with Crippen LogP contribution in [0.15, 0.2) is 0 Å². The number of rotatable bonds is 8. The van der Waals surface area contributed by atoms with Gasteiger partial charge in [-0.2, -0.15) is 0 Å². The molecule has 96 valence electrons. The van der Waals surface area contributed by atoms with Gasteiger partial charge >= 0.3 is 5.97 Å². The number of hydrogen-bond acceptors (Lipinski definition) is 4. The zero-order chi connectivity index (χ0) is 12.6. The van der Waals surface area contributed by atoms with Crippen molar-refractivity contribution in [2.45, 2.75) is 39.7 Å². The van der Waals surface area contributed by atoms with Gasteiger partial charge in [-0.3, -0.25) is 9.69 Å². The zero-order valence-electron chi connectivity index (χ0n) is 11.2. The van der Waals surface area contributed by atoms with Gasteiger partial charge in [-0.15, -0.1) is 0 Å². The van der Waals surface area contributed by atoms with Crippen LogP contribution >= 0.6 is 0 Å². The summed E-state index contributed by atoms with van der Waals surface area (Å²) in [6.45, 7) is 10.5. The van der Waals surface area contributed by atoms with E-state index in [1.165, 1.54) is 0 Å². The van der Waals surface area contributed by atoms with E-state index in [9.17, 15) is 4.79 Å². The van der Waals surface area contributed by atoms with E-state index in [1.54, 1.807) is 7.11 Å². The predicted octanol–water partition coefficient (Wildman–Crippen LogP) is 1.69. The third-order valence-corrected chi connectivity index (χ3v) is 2.69. The molecule has 0 aromatic heterocycles. The van der Waals surface area contributed by atoms with Crippen molar-refractivity contribution in [2.24, 2.45) is 0 Å². The minimum Gasteiger partial charge on any atom is -0.465 e. The second kappa shape index (κ2) is 7.63. The van der Waals surface area contributed by atoms with Crippen molar-refractivity contribution in [3.05, 3.63) is 0 Å². The van der Waals surface area contributed by atoms with Crippen LogP contribution in [-0.2, 0) is 14.3 Å². The third kappa shape index (κ3) is 6.80. The highest BCUT2D eigenvalue weighted by Gasteiger charge is 2.18. The Morgan fingerprint density at radius 2 is 1.94 bits per heavy atom. The van der Waals surface area contributed by atoms with Crippen LogP contribution in [0.2, 0.25) is 0 Å². The SMILES string of the molecule is CCOC(=O)CN(CC)CCC(C)(C)OC. The molecule has 0 fully saturated rings. The van der Waals surface area contributed by atoms with Crippen LogP contribution in [0.1, 0.15) is 34.1 Å². The van der Waals surface area contributed by atoms with Crippen molar-refractivity contribution in [1.82, 2.24) is 4.90 Å². The molecule has 0 rings (SSSR count). The predicted molar refractivity (Wildman–Crippen MR) is 64.5 cm³/mol. The normalized spacial score (nSPS) is 11.9. The molecule has 0 saturated heterocycles. The lowest BCUT2D eigenvalue weighted by molar-refractivity contribution is -0.144. The van der Waals surface area contributed by atoms with Gasteiger partial charge in [0.25, 0.3) is 0 Å². The molecule has 0 spiro atoms. The van der Waals surface area contributed by atoms with Crippen LogP contribution < -0.4 is 0 Å². The van der Waals surface area contributed by atoms with Gasteiger partial charge in [0.15, 0.2) is 0 Å². The highest BCUT2D eigenvalue weighted by molar-refractivity contribution is 5.71.